The zero-order valence-electron chi connectivity index (χ0n) is 11.5. The van der Waals surface area contributed by atoms with Gasteiger partial charge in [0, 0.05) is 25.3 Å². The van der Waals surface area contributed by atoms with Gasteiger partial charge in [0.05, 0.1) is 12.1 Å². The van der Waals surface area contributed by atoms with Crippen molar-refractivity contribution < 1.29 is 9.13 Å². The van der Waals surface area contributed by atoms with E-state index < -0.39 is 0 Å². The number of nitrogens with zero attached hydrogens (tertiary/aromatic N) is 1. The second-order valence-corrected chi connectivity index (χ2v) is 4.99. The lowest BCUT2D eigenvalue weighted by Gasteiger charge is -2.37. The summed E-state index contributed by atoms with van der Waals surface area (Å²) in [6, 6.07) is 6.86. The van der Waals surface area contributed by atoms with Crippen LogP contribution in [0.15, 0.2) is 24.3 Å². The highest BCUT2D eigenvalue weighted by Gasteiger charge is 2.27. The van der Waals surface area contributed by atoms with Gasteiger partial charge in [0.15, 0.2) is 0 Å². The Hall–Kier alpha value is -0.970. The summed E-state index contributed by atoms with van der Waals surface area (Å²) in [4.78, 5) is 2.25. The zero-order valence-corrected chi connectivity index (χ0v) is 11.5. The maximum atomic E-state index is 13.9. The van der Waals surface area contributed by atoms with Crippen molar-refractivity contribution in [2.45, 2.75) is 31.9 Å². The van der Waals surface area contributed by atoms with Gasteiger partial charge < -0.3 is 10.5 Å². The average molecular weight is 266 g/mol. The fourth-order valence-corrected chi connectivity index (χ4v) is 2.84. The van der Waals surface area contributed by atoms with E-state index >= 15 is 0 Å². The highest BCUT2D eigenvalue weighted by Crippen LogP contribution is 2.26. The first-order chi connectivity index (χ1) is 9.26. The number of piperidine rings is 1. The molecule has 0 bridgehead atoms. The van der Waals surface area contributed by atoms with Crippen molar-refractivity contribution in [3.63, 3.8) is 0 Å². The third-order valence-electron chi connectivity index (χ3n) is 3.74. The molecule has 0 aliphatic carbocycles. The van der Waals surface area contributed by atoms with Crippen LogP contribution in [0, 0.1) is 5.82 Å². The van der Waals surface area contributed by atoms with Gasteiger partial charge in [-0.2, -0.15) is 0 Å². The quantitative estimate of drug-likeness (QED) is 0.889. The predicted molar refractivity (Wildman–Crippen MR) is 74.4 cm³/mol. The fraction of sp³-hybridized carbons (Fsp3) is 0.600. The molecule has 2 N–H and O–H groups in total. The molecule has 0 spiro atoms. The second kappa shape index (κ2) is 6.98. The van der Waals surface area contributed by atoms with Gasteiger partial charge in [-0.15, -0.1) is 0 Å². The lowest BCUT2D eigenvalue weighted by molar-refractivity contribution is -0.00702. The van der Waals surface area contributed by atoms with Gasteiger partial charge >= 0.3 is 0 Å². The SMILES string of the molecule is CCOC1CCCN(C(CN)c2ccccc2F)C1. The minimum atomic E-state index is -0.170. The number of likely N-dealkylation sites (tertiary alicyclic amines) is 1. The Kier molecular flexibility index (Phi) is 5.31. The van der Waals surface area contributed by atoms with Crippen LogP contribution in [-0.4, -0.2) is 37.2 Å². The van der Waals surface area contributed by atoms with E-state index in [1.54, 1.807) is 6.07 Å². The normalized spacial score (nSPS) is 22.4. The maximum absolute atomic E-state index is 13.9. The fourth-order valence-electron chi connectivity index (χ4n) is 2.84. The molecule has 1 fully saturated rings. The van der Waals surface area contributed by atoms with E-state index in [4.69, 9.17) is 10.5 Å². The van der Waals surface area contributed by atoms with E-state index in [1.165, 1.54) is 6.07 Å². The molecule has 0 radical (unpaired) electrons. The molecule has 106 valence electrons. The summed E-state index contributed by atoms with van der Waals surface area (Å²) in [5.74, 6) is -0.170. The van der Waals surface area contributed by atoms with Crippen LogP contribution in [0.4, 0.5) is 4.39 Å². The highest BCUT2D eigenvalue weighted by molar-refractivity contribution is 5.22. The first-order valence-electron chi connectivity index (χ1n) is 7.06. The number of halogens is 1. The van der Waals surface area contributed by atoms with Crippen LogP contribution in [0.1, 0.15) is 31.4 Å². The summed E-state index contributed by atoms with van der Waals surface area (Å²) in [6.07, 6.45) is 2.41. The molecular formula is C15H23FN2O. The Labute approximate surface area is 114 Å². The van der Waals surface area contributed by atoms with E-state index in [2.05, 4.69) is 4.90 Å². The van der Waals surface area contributed by atoms with Gasteiger partial charge in [0.2, 0.25) is 0 Å². The van der Waals surface area contributed by atoms with Gasteiger partial charge in [-0.3, -0.25) is 4.90 Å². The van der Waals surface area contributed by atoms with Gasteiger partial charge in [0.25, 0.3) is 0 Å². The van der Waals surface area contributed by atoms with Crippen LogP contribution in [0.3, 0.4) is 0 Å². The van der Waals surface area contributed by atoms with Gasteiger partial charge in [0.1, 0.15) is 5.82 Å². The molecule has 1 saturated heterocycles. The Morgan fingerprint density at radius 2 is 2.26 bits per heavy atom. The Morgan fingerprint density at radius 1 is 1.47 bits per heavy atom. The van der Waals surface area contributed by atoms with Crippen LogP contribution >= 0.6 is 0 Å². The predicted octanol–water partition coefficient (Wildman–Crippen LogP) is 2.33. The van der Waals surface area contributed by atoms with Crippen molar-refractivity contribution in [3.05, 3.63) is 35.6 Å². The Balaban J connectivity index is 2.11. The summed E-state index contributed by atoms with van der Waals surface area (Å²) in [6.45, 7) is 4.96. The minimum absolute atomic E-state index is 0.0514. The van der Waals surface area contributed by atoms with Gasteiger partial charge in [-0.1, -0.05) is 18.2 Å². The van der Waals surface area contributed by atoms with Crippen LogP contribution in [0.5, 0.6) is 0 Å². The summed E-state index contributed by atoms with van der Waals surface area (Å²) < 4.78 is 19.6. The largest absolute Gasteiger partial charge is 0.377 e. The molecule has 1 heterocycles. The number of hydrogen-bond acceptors (Lipinski definition) is 3. The third-order valence-corrected chi connectivity index (χ3v) is 3.74. The molecule has 3 nitrogen and oxygen atoms in total. The van der Waals surface area contributed by atoms with E-state index in [-0.39, 0.29) is 18.0 Å². The highest BCUT2D eigenvalue weighted by atomic mass is 19.1. The van der Waals surface area contributed by atoms with E-state index in [0.29, 0.717) is 12.1 Å². The molecule has 2 rings (SSSR count). The number of nitrogens with two attached hydrogens (primary N) is 1. The molecule has 0 amide bonds. The molecule has 1 aliphatic rings. The van der Waals surface area contributed by atoms with Crippen molar-refractivity contribution in [3.8, 4) is 0 Å². The Morgan fingerprint density at radius 3 is 2.95 bits per heavy atom. The zero-order chi connectivity index (χ0) is 13.7. The van der Waals surface area contributed by atoms with Crippen LogP contribution < -0.4 is 5.73 Å². The van der Waals surface area contributed by atoms with Crippen molar-refractivity contribution in [1.82, 2.24) is 4.90 Å². The van der Waals surface area contributed by atoms with Crippen LogP contribution in [0.25, 0.3) is 0 Å². The lowest BCUT2D eigenvalue weighted by Crippen LogP contribution is -2.44. The lowest BCUT2D eigenvalue weighted by atomic mass is 10.00. The minimum Gasteiger partial charge on any atom is -0.377 e. The van der Waals surface area contributed by atoms with Crippen molar-refractivity contribution in [2.24, 2.45) is 5.73 Å². The molecule has 2 atom stereocenters. The monoisotopic (exact) mass is 266 g/mol. The smallest absolute Gasteiger partial charge is 0.128 e. The molecule has 1 aromatic rings. The molecule has 19 heavy (non-hydrogen) atoms. The summed E-state index contributed by atoms with van der Waals surface area (Å²) >= 11 is 0. The van der Waals surface area contributed by atoms with Gasteiger partial charge in [-0.05, 0) is 32.4 Å². The summed E-state index contributed by atoms with van der Waals surface area (Å²) in [5.41, 5.74) is 6.57. The van der Waals surface area contributed by atoms with Crippen LogP contribution in [-0.2, 0) is 4.74 Å². The van der Waals surface area contributed by atoms with Gasteiger partial charge in [-0.25, -0.2) is 4.39 Å². The number of ether oxygens (including phenoxy) is 1. The molecular weight excluding hydrogens is 243 g/mol. The maximum Gasteiger partial charge on any atom is 0.128 e. The van der Waals surface area contributed by atoms with E-state index in [9.17, 15) is 4.39 Å². The summed E-state index contributed by atoms with van der Waals surface area (Å²) in [5, 5.41) is 0. The topological polar surface area (TPSA) is 38.5 Å². The summed E-state index contributed by atoms with van der Waals surface area (Å²) in [7, 11) is 0. The van der Waals surface area contributed by atoms with Crippen LogP contribution in [0.2, 0.25) is 0 Å². The molecule has 0 saturated carbocycles. The number of benzene rings is 1. The first-order valence-corrected chi connectivity index (χ1v) is 7.06. The Bertz CT molecular complexity index is 397. The molecule has 1 aromatic carbocycles. The second-order valence-electron chi connectivity index (χ2n) is 4.99. The van der Waals surface area contributed by atoms with Crippen molar-refractivity contribution in [1.29, 1.82) is 0 Å². The third kappa shape index (κ3) is 3.53. The molecule has 2 unspecified atom stereocenters. The molecule has 4 heteroatoms. The van der Waals surface area contributed by atoms with Crippen molar-refractivity contribution in [2.75, 3.05) is 26.2 Å². The standard InChI is InChI=1S/C15H23FN2O/c1-2-19-12-6-5-9-18(11-12)15(10-17)13-7-3-4-8-14(13)16/h3-4,7-8,12,15H,2,5-6,9-11,17H2,1H3. The number of rotatable bonds is 5. The average Bonchev–Trinajstić information content (AvgIpc) is 2.43. The number of hydrogen-bond donors (Lipinski definition) is 1. The van der Waals surface area contributed by atoms with Crippen molar-refractivity contribution >= 4 is 0 Å². The first kappa shape index (κ1) is 14.4. The molecule has 0 aromatic heterocycles. The van der Waals surface area contributed by atoms with E-state index in [1.807, 2.05) is 19.1 Å². The van der Waals surface area contributed by atoms with E-state index in [0.717, 1.165) is 32.5 Å². The molecule has 1 aliphatic heterocycles.